The number of hydrogen-bond acceptors (Lipinski definition) is 2. The number of rotatable bonds is 2. The highest BCUT2D eigenvalue weighted by molar-refractivity contribution is 5.23. The normalized spacial score (nSPS) is 25.6. The van der Waals surface area contributed by atoms with Crippen LogP contribution < -0.4 is 5.73 Å². The number of likely N-dealkylation sites (tertiary alicyclic amines) is 1. The molecule has 0 saturated carbocycles. The predicted octanol–water partition coefficient (Wildman–Crippen LogP) is 3.23. The maximum Gasteiger partial charge on any atom is 0.126 e. The molecule has 2 unspecified atom stereocenters. The van der Waals surface area contributed by atoms with Crippen molar-refractivity contribution in [1.29, 1.82) is 0 Å². The van der Waals surface area contributed by atoms with Gasteiger partial charge in [-0.25, -0.2) is 8.78 Å². The Labute approximate surface area is 113 Å². The van der Waals surface area contributed by atoms with Gasteiger partial charge in [0, 0.05) is 18.2 Å². The molecule has 2 rings (SSSR count). The van der Waals surface area contributed by atoms with E-state index in [9.17, 15) is 8.78 Å². The molecule has 0 aliphatic carbocycles. The van der Waals surface area contributed by atoms with E-state index in [-0.39, 0.29) is 12.1 Å². The first-order valence-electron chi connectivity index (χ1n) is 6.96. The smallest absolute Gasteiger partial charge is 0.126 e. The fraction of sp³-hybridized carbons (Fsp3) is 0.600. The van der Waals surface area contributed by atoms with Crippen LogP contribution in [0.1, 0.15) is 44.7 Å². The van der Waals surface area contributed by atoms with Crippen molar-refractivity contribution in [3.63, 3.8) is 0 Å². The predicted molar refractivity (Wildman–Crippen MR) is 72.8 cm³/mol. The molecule has 1 aliphatic rings. The van der Waals surface area contributed by atoms with E-state index in [0.29, 0.717) is 11.6 Å². The summed E-state index contributed by atoms with van der Waals surface area (Å²) in [6.07, 6.45) is 3.05. The van der Waals surface area contributed by atoms with E-state index >= 15 is 0 Å². The van der Waals surface area contributed by atoms with Gasteiger partial charge in [0.2, 0.25) is 0 Å². The number of halogens is 2. The highest BCUT2D eigenvalue weighted by Gasteiger charge is 2.30. The zero-order chi connectivity index (χ0) is 14.0. The second-order valence-corrected chi connectivity index (χ2v) is 5.64. The average molecular weight is 268 g/mol. The van der Waals surface area contributed by atoms with Gasteiger partial charge in [0.15, 0.2) is 0 Å². The fourth-order valence-corrected chi connectivity index (χ4v) is 2.98. The van der Waals surface area contributed by atoms with Gasteiger partial charge in [-0.15, -0.1) is 0 Å². The fourth-order valence-electron chi connectivity index (χ4n) is 2.98. The molecule has 2 nitrogen and oxygen atoms in total. The van der Waals surface area contributed by atoms with Crippen molar-refractivity contribution in [2.45, 2.75) is 51.2 Å². The summed E-state index contributed by atoms with van der Waals surface area (Å²) in [5, 5.41) is 0. The van der Waals surface area contributed by atoms with E-state index in [2.05, 4.69) is 18.7 Å². The molecule has 19 heavy (non-hydrogen) atoms. The molecule has 2 N–H and O–H groups in total. The Kier molecular flexibility index (Phi) is 4.53. The number of hydrogen-bond donors (Lipinski definition) is 1. The minimum Gasteiger partial charge on any atom is -0.326 e. The van der Waals surface area contributed by atoms with Crippen molar-refractivity contribution in [1.82, 2.24) is 4.90 Å². The van der Waals surface area contributed by atoms with Crippen molar-refractivity contribution in [3.05, 3.63) is 35.4 Å². The molecule has 1 heterocycles. The van der Waals surface area contributed by atoms with Gasteiger partial charge in [0.1, 0.15) is 11.6 Å². The summed E-state index contributed by atoms with van der Waals surface area (Å²) in [6, 6.07) is 3.85. The van der Waals surface area contributed by atoms with Crippen molar-refractivity contribution >= 4 is 0 Å². The van der Waals surface area contributed by atoms with Crippen LogP contribution in [0.25, 0.3) is 0 Å². The van der Waals surface area contributed by atoms with E-state index < -0.39 is 11.6 Å². The van der Waals surface area contributed by atoms with Crippen LogP contribution in [-0.4, -0.2) is 23.5 Å². The second-order valence-electron chi connectivity index (χ2n) is 5.64. The summed E-state index contributed by atoms with van der Waals surface area (Å²) >= 11 is 0. The molecule has 0 radical (unpaired) electrons. The van der Waals surface area contributed by atoms with Crippen molar-refractivity contribution in [2.75, 3.05) is 6.54 Å². The second kappa shape index (κ2) is 5.97. The Morgan fingerprint density at radius 3 is 2.37 bits per heavy atom. The molecule has 1 fully saturated rings. The SMILES string of the molecule is CC(C)N1CCCCC(N)C1c1cc(F)cc(F)c1. The van der Waals surface area contributed by atoms with Crippen LogP contribution in [0.15, 0.2) is 18.2 Å². The Balaban J connectivity index is 2.39. The lowest BCUT2D eigenvalue weighted by atomic mass is 9.95. The molecule has 1 aromatic rings. The molecule has 1 saturated heterocycles. The van der Waals surface area contributed by atoms with Crippen LogP contribution in [0.5, 0.6) is 0 Å². The summed E-state index contributed by atoms with van der Waals surface area (Å²) in [6.45, 7) is 5.12. The molecule has 0 bridgehead atoms. The van der Waals surface area contributed by atoms with Gasteiger partial charge in [-0.05, 0) is 50.9 Å². The summed E-state index contributed by atoms with van der Waals surface area (Å²) < 4.78 is 26.9. The van der Waals surface area contributed by atoms with Crippen LogP contribution >= 0.6 is 0 Å². The molecule has 2 atom stereocenters. The Hall–Kier alpha value is -1.00. The standard InChI is InChI=1S/C15H22F2N2/c1-10(2)19-6-4-3-5-14(18)15(19)11-7-12(16)9-13(17)8-11/h7-10,14-15H,3-6,18H2,1-2H3. The minimum absolute atomic E-state index is 0.0777. The van der Waals surface area contributed by atoms with E-state index in [1.807, 2.05) is 0 Å². The first-order valence-corrected chi connectivity index (χ1v) is 6.96. The summed E-state index contributed by atoms with van der Waals surface area (Å²) in [5.41, 5.74) is 6.91. The topological polar surface area (TPSA) is 29.3 Å². The van der Waals surface area contributed by atoms with Crippen LogP contribution in [0, 0.1) is 11.6 Å². The minimum atomic E-state index is -0.532. The Morgan fingerprint density at radius 1 is 1.16 bits per heavy atom. The van der Waals surface area contributed by atoms with Crippen molar-refractivity contribution < 1.29 is 8.78 Å². The molecule has 0 amide bonds. The molecule has 0 spiro atoms. The maximum atomic E-state index is 13.4. The van der Waals surface area contributed by atoms with E-state index in [4.69, 9.17) is 5.73 Å². The van der Waals surface area contributed by atoms with Crippen LogP contribution in [0.2, 0.25) is 0 Å². The lowest BCUT2D eigenvalue weighted by Crippen LogP contribution is -2.43. The Bertz CT molecular complexity index is 414. The summed E-state index contributed by atoms with van der Waals surface area (Å²) in [5.74, 6) is -1.06. The van der Waals surface area contributed by atoms with E-state index in [0.717, 1.165) is 31.9 Å². The van der Waals surface area contributed by atoms with Gasteiger partial charge in [-0.3, -0.25) is 4.90 Å². The lowest BCUT2D eigenvalue weighted by molar-refractivity contribution is 0.143. The first-order chi connectivity index (χ1) is 8.99. The highest BCUT2D eigenvalue weighted by Crippen LogP contribution is 2.31. The molecule has 0 aromatic heterocycles. The number of nitrogens with zero attached hydrogens (tertiary/aromatic N) is 1. The van der Waals surface area contributed by atoms with Gasteiger partial charge in [-0.2, -0.15) is 0 Å². The molecule has 4 heteroatoms. The number of nitrogens with two attached hydrogens (primary N) is 1. The molecular weight excluding hydrogens is 246 g/mol. The van der Waals surface area contributed by atoms with Crippen LogP contribution in [0.3, 0.4) is 0 Å². The molecule has 1 aliphatic heterocycles. The Morgan fingerprint density at radius 2 is 1.79 bits per heavy atom. The molecular formula is C15H22F2N2. The maximum absolute atomic E-state index is 13.4. The third kappa shape index (κ3) is 3.31. The zero-order valence-corrected chi connectivity index (χ0v) is 11.6. The van der Waals surface area contributed by atoms with Crippen molar-refractivity contribution in [3.8, 4) is 0 Å². The van der Waals surface area contributed by atoms with Gasteiger partial charge >= 0.3 is 0 Å². The average Bonchev–Trinajstić information content (AvgIpc) is 2.49. The molecule has 106 valence electrons. The first kappa shape index (κ1) is 14.4. The van der Waals surface area contributed by atoms with Gasteiger partial charge in [0.05, 0.1) is 6.04 Å². The zero-order valence-electron chi connectivity index (χ0n) is 11.6. The van der Waals surface area contributed by atoms with E-state index in [1.54, 1.807) is 0 Å². The van der Waals surface area contributed by atoms with Gasteiger partial charge in [-0.1, -0.05) is 6.42 Å². The van der Waals surface area contributed by atoms with Gasteiger partial charge in [0.25, 0.3) is 0 Å². The molecule has 1 aromatic carbocycles. The van der Waals surface area contributed by atoms with Gasteiger partial charge < -0.3 is 5.73 Å². The summed E-state index contributed by atoms with van der Waals surface area (Å²) in [4.78, 5) is 2.26. The monoisotopic (exact) mass is 268 g/mol. The largest absolute Gasteiger partial charge is 0.326 e. The van der Waals surface area contributed by atoms with Crippen LogP contribution in [-0.2, 0) is 0 Å². The third-order valence-corrected chi connectivity index (χ3v) is 3.86. The lowest BCUT2D eigenvalue weighted by Gasteiger charge is -2.36. The van der Waals surface area contributed by atoms with E-state index in [1.165, 1.54) is 12.1 Å². The quantitative estimate of drug-likeness (QED) is 0.892. The van der Waals surface area contributed by atoms with Crippen molar-refractivity contribution in [2.24, 2.45) is 5.73 Å². The number of benzene rings is 1. The van der Waals surface area contributed by atoms with Crippen LogP contribution in [0.4, 0.5) is 8.78 Å². The highest BCUT2D eigenvalue weighted by atomic mass is 19.1. The summed E-state index contributed by atoms with van der Waals surface area (Å²) in [7, 11) is 0. The third-order valence-electron chi connectivity index (χ3n) is 3.86.